The van der Waals surface area contributed by atoms with Gasteiger partial charge < -0.3 is 14.6 Å². The molecule has 0 aliphatic carbocycles. The van der Waals surface area contributed by atoms with E-state index in [-0.39, 0.29) is 17.1 Å². The number of hydrogen-bond acceptors (Lipinski definition) is 5. The average molecular weight is 250 g/mol. The molecule has 0 bridgehead atoms. The molecule has 1 atom stereocenters. The van der Waals surface area contributed by atoms with Crippen LogP contribution in [-0.4, -0.2) is 42.1 Å². The molecule has 16 heavy (non-hydrogen) atoms. The fourth-order valence-electron chi connectivity index (χ4n) is 0.870. The van der Waals surface area contributed by atoms with Crippen LogP contribution in [0.15, 0.2) is 0 Å². The van der Waals surface area contributed by atoms with E-state index in [1.807, 2.05) is 27.7 Å². The molecule has 0 saturated carbocycles. The third-order valence-corrected chi connectivity index (χ3v) is 2.98. The minimum atomic E-state index is -0.574. The minimum absolute atomic E-state index is 0.146. The molecule has 0 aromatic carbocycles. The second-order valence-corrected chi connectivity index (χ2v) is 5.39. The first kappa shape index (κ1) is 15.9. The summed E-state index contributed by atoms with van der Waals surface area (Å²) in [6, 6.07) is 0. The van der Waals surface area contributed by atoms with Crippen LogP contribution in [0.4, 0.5) is 0 Å². The van der Waals surface area contributed by atoms with Crippen LogP contribution in [0.3, 0.4) is 0 Å². The highest BCUT2D eigenvalue weighted by atomic mass is 32.2. The Bertz CT molecular complexity index is 201. The van der Waals surface area contributed by atoms with Crippen LogP contribution in [0, 0.1) is 5.41 Å². The first-order chi connectivity index (χ1) is 7.41. The van der Waals surface area contributed by atoms with Gasteiger partial charge >= 0.3 is 0 Å². The van der Waals surface area contributed by atoms with Crippen molar-refractivity contribution in [1.82, 2.24) is 0 Å². The molecule has 4 nitrogen and oxygen atoms in total. The van der Waals surface area contributed by atoms with Crippen molar-refractivity contribution < 1.29 is 19.4 Å². The predicted molar refractivity (Wildman–Crippen MR) is 65.4 cm³/mol. The van der Waals surface area contributed by atoms with Gasteiger partial charge in [-0.2, -0.15) is 0 Å². The van der Waals surface area contributed by atoms with Gasteiger partial charge in [0, 0.05) is 17.8 Å². The molecule has 0 spiro atoms. The highest BCUT2D eigenvalue weighted by Crippen LogP contribution is 2.22. The fourth-order valence-corrected chi connectivity index (χ4v) is 1.67. The summed E-state index contributed by atoms with van der Waals surface area (Å²) >= 11 is 1.25. The predicted octanol–water partition coefficient (Wildman–Crippen LogP) is 1.66. The van der Waals surface area contributed by atoms with E-state index >= 15 is 0 Å². The lowest BCUT2D eigenvalue weighted by Crippen LogP contribution is -2.23. The molecule has 0 aliphatic rings. The molecular formula is C11H22O4S. The van der Waals surface area contributed by atoms with Gasteiger partial charge in [0.15, 0.2) is 11.4 Å². The molecule has 0 amide bonds. The smallest absolute Gasteiger partial charge is 0.194 e. The van der Waals surface area contributed by atoms with Crippen molar-refractivity contribution in [2.75, 3.05) is 25.6 Å². The Morgan fingerprint density at radius 3 is 2.44 bits per heavy atom. The van der Waals surface area contributed by atoms with E-state index in [1.54, 1.807) is 0 Å². The number of aliphatic hydroxyl groups is 1. The Morgan fingerprint density at radius 2 is 2.00 bits per heavy atom. The third-order valence-electron chi connectivity index (χ3n) is 1.73. The lowest BCUT2D eigenvalue weighted by molar-refractivity contribution is -0.156. The van der Waals surface area contributed by atoms with Crippen molar-refractivity contribution in [3.63, 3.8) is 0 Å². The summed E-state index contributed by atoms with van der Waals surface area (Å²) in [6.45, 7) is 8.24. The molecular weight excluding hydrogens is 228 g/mol. The van der Waals surface area contributed by atoms with E-state index in [0.29, 0.717) is 19.0 Å². The molecule has 0 aromatic rings. The fraction of sp³-hybridized carbons (Fsp3) is 0.909. The van der Waals surface area contributed by atoms with Crippen LogP contribution in [0.1, 0.15) is 27.7 Å². The van der Waals surface area contributed by atoms with Gasteiger partial charge in [-0.3, -0.25) is 4.79 Å². The molecule has 96 valence electrons. The second-order valence-electron chi connectivity index (χ2n) is 4.32. The molecule has 1 unspecified atom stereocenters. The first-order valence-electron chi connectivity index (χ1n) is 5.43. The van der Waals surface area contributed by atoms with Gasteiger partial charge in [-0.05, 0) is 6.92 Å². The van der Waals surface area contributed by atoms with Crippen molar-refractivity contribution in [1.29, 1.82) is 0 Å². The van der Waals surface area contributed by atoms with Gasteiger partial charge in [0.25, 0.3) is 0 Å². The SMILES string of the molecule is CCOC(CO)OCCSC(=O)C(C)(C)C. The maximum Gasteiger partial charge on any atom is 0.194 e. The average Bonchev–Trinajstić information content (AvgIpc) is 2.20. The normalized spacial score (nSPS) is 13.8. The Kier molecular flexibility index (Phi) is 8.01. The topological polar surface area (TPSA) is 55.8 Å². The standard InChI is InChI=1S/C11H22O4S/c1-5-14-9(8-12)15-6-7-16-10(13)11(2,3)4/h9,12H,5-8H2,1-4H3. The molecule has 0 aromatic heterocycles. The number of hydrogen-bond donors (Lipinski definition) is 1. The monoisotopic (exact) mass is 250 g/mol. The van der Waals surface area contributed by atoms with E-state index in [2.05, 4.69) is 0 Å². The van der Waals surface area contributed by atoms with Gasteiger partial charge in [0.05, 0.1) is 13.2 Å². The summed E-state index contributed by atoms with van der Waals surface area (Å²) in [5.74, 6) is 0.583. The van der Waals surface area contributed by atoms with Crippen LogP contribution < -0.4 is 0 Å². The van der Waals surface area contributed by atoms with Gasteiger partial charge in [-0.15, -0.1) is 0 Å². The van der Waals surface area contributed by atoms with Crippen LogP contribution in [0.5, 0.6) is 0 Å². The summed E-state index contributed by atoms with van der Waals surface area (Å²) in [4.78, 5) is 11.5. The van der Waals surface area contributed by atoms with Gasteiger partial charge in [0.2, 0.25) is 0 Å². The van der Waals surface area contributed by atoms with Crippen molar-refractivity contribution >= 4 is 16.9 Å². The number of ether oxygens (including phenoxy) is 2. The lowest BCUT2D eigenvalue weighted by atomic mass is 10.00. The van der Waals surface area contributed by atoms with E-state index < -0.39 is 6.29 Å². The zero-order chi connectivity index (χ0) is 12.6. The van der Waals surface area contributed by atoms with Gasteiger partial charge in [-0.25, -0.2) is 0 Å². The highest BCUT2D eigenvalue weighted by molar-refractivity contribution is 8.13. The summed E-state index contributed by atoms with van der Waals surface area (Å²) in [7, 11) is 0. The third kappa shape index (κ3) is 7.22. The summed E-state index contributed by atoms with van der Waals surface area (Å²) in [6.07, 6.45) is -0.574. The summed E-state index contributed by atoms with van der Waals surface area (Å²) in [5.41, 5.74) is -0.318. The van der Waals surface area contributed by atoms with E-state index in [1.165, 1.54) is 11.8 Å². The summed E-state index contributed by atoms with van der Waals surface area (Å²) < 4.78 is 10.3. The molecule has 0 fully saturated rings. The molecule has 0 saturated heterocycles. The van der Waals surface area contributed by atoms with E-state index in [9.17, 15) is 4.79 Å². The Morgan fingerprint density at radius 1 is 1.38 bits per heavy atom. The molecule has 0 heterocycles. The Labute approximate surface area is 102 Å². The van der Waals surface area contributed by atoms with Crippen molar-refractivity contribution in [3.05, 3.63) is 0 Å². The largest absolute Gasteiger partial charge is 0.391 e. The number of carbonyl (C=O) groups is 1. The maximum atomic E-state index is 11.5. The van der Waals surface area contributed by atoms with E-state index in [4.69, 9.17) is 14.6 Å². The summed E-state index contributed by atoms with van der Waals surface area (Å²) in [5, 5.41) is 9.02. The van der Waals surface area contributed by atoms with Crippen molar-refractivity contribution in [2.45, 2.75) is 34.0 Å². The van der Waals surface area contributed by atoms with Crippen LogP contribution >= 0.6 is 11.8 Å². The number of rotatable bonds is 7. The number of thioether (sulfide) groups is 1. The number of carbonyl (C=O) groups excluding carboxylic acids is 1. The number of aliphatic hydroxyl groups excluding tert-OH is 1. The lowest BCUT2D eigenvalue weighted by Gasteiger charge is -2.17. The maximum absolute atomic E-state index is 11.5. The van der Waals surface area contributed by atoms with Crippen LogP contribution in [0.2, 0.25) is 0 Å². The Hall–Kier alpha value is -0.100. The second kappa shape index (κ2) is 8.06. The van der Waals surface area contributed by atoms with Gasteiger partial charge in [0.1, 0.15) is 0 Å². The molecule has 0 radical (unpaired) electrons. The molecule has 1 N–H and O–H groups in total. The quantitative estimate of drug-likeness (QED) is 0.550. The first-order valence-corrected chi connectivity index (χ1v) is 6.41. The highest BCUT2D eigenvalue weighted by Gasteiger charge is 2.21. The minimum Gasteiger partial charge on any atom is -0.391 e. The van der Waals surface area contributed by atoms with Crippen LogP contribution in [-0.2, 0) is 14.3 Å². The molecule has 0 aliphatic heterocycles. The van der Waals surface area contributed by atoms with Crippen molar-refractivity contribution in [2.24, 2.45) is 5.41 Å². The molecule has 5 heteroatoms. The zero-order valence-electron chi connectivity index (χ0n) is 10.5. The van der Waals surface area contributed by atoms with E-state index in [0.717, 1.165) is 0 Å². The van der Waals surface area contributed by atoms with Crippen molar-refractivity contribution in [3.8, 4) is 0 Å². The Balaban J connectivity index is 3.63. The molecule has 0 rings (SSSR count). The van der Waals surface area contributed by atoms with Gasteiger partial charge in [-0.1, -0.05) is 32.5 Å². The van der Waals surface area contributed by atoms with Crippen LogP contribution in [0.25, 0.3) is 0 Å². The zero-order valence-corrected chi connectivity index (χ0v) is 11.3.